The van der Waals surface area contributed by atoms with Crippen molar-refractivity contribution in [2.75, 3.05) is 0 Å². The van der Waals surface area contributed by atoms with E-state index in [0.29, 0.717) is 12.2 Å². The predicted octanol–water partition coefficient (Wildman–Crippen LogP) is 4.09. The molecule has 1 nitrogen and oxygen atoms in total. The zero-order chi connectivity index (χ0) is 10.4. The molecule has 0 bridgehead atoms. The van der Waals surface area contributed by atoms with Crippen LogP contribution < -0.4 is 0 Å². The molecule has 78 valence electrons. The second-order valence-electron chi connectivity index (χ2n) is 3.35. The van der Waals surface area contributed by atoms with Crippen LogP contribution in [0, 0.1) is 0 Å². The molecule has 0 aromatic carbocycles. The van der Waals surface area contributed by atoms with Crippen molar-refractivity contribution in [3.8, 4) is 0 Å². The zero-order valence-electron chi connectivity index (χ0n) is 8.38. The van der Waals surface area contributed by atoms with Crippen LogP contribution in [0.1, 0.15) is 37.5 Å². The number of carbonyl (C=O) groups is 1. The first-order valence-corrected chi connectivity index (χ1v) is 6.17. The van der Waals surface area contributed by atoms with E-state index in [0.717, 1.165) is 30.0 Å². The molecule has 0 spiro atoms. The summed E-state index contributed by atoms with van der Waals surface area (Å²) in [6.07, 6.45) is 4.33. The molecule has 0 aliphatic carbocycles. The highest BCUT2D eigenvalue weighted by atomic mass is 35.5. The molecular formula is C11H15ClOS. The molecule has 0 N–H and O–H groups in total. The molecule has 0 radical (unpaired) electrons. The Labute approximate surface area is 94.1 Å². The highest BCUT2D eigenvalue weighted by molar-refractivity contribution is 7.16. The standard InChI is InChI=1S/C11H15ClOS/c1-2-4-9(13)5-3-6-10-7-8-11(12)14-10/h7-8H,2-6H2,1H3. The molecule has 1 heterocycles. The molecule has 14 heavy (non-hydrogen) atoms. The number of aryl methyl sites for hydroxylation is 1. The number of halogens is 1. The van der Waals surface area contributed by atoms with Gasteiger partial charge in [-0.25, -0.2) is 0 Å². The summed E-state index contributed by atoms with van der Waals surface area (Å²) in [6.45, 7) is 2.04. The summed E-state index contributed by atoms with van der Waals surface area (Å²) < 4.78 is 0.833. The van der Waals surface area contributed by atoms with Crippen LogP contribution in [0.4, 0.5) is 0 Å². The van der Waals surface area contributed by atoms with Crippen molar-refractivity contribution in [2.45, 2.75) is 39.0 Å². The van der Waals surface area contributed by atoms with Gasteiger partial charge >= 0.3 is 0 Å². The van der Waals surface area contributed by atoms with Crippen LogP contribution in [0.15, 0.2) is 12.1 Å². The predicted molar refractivity (Wildman–Crippen MR) is 62.2 cm³/mol. The third kappa shape index (κ3) is 4.25. The maximum absolute atomic E-state index is 11.2. The number of rotatable bonds is 6. The number of thiophene rings is 1. The Morgan fingerprint density at radius 1 is 1.43 bits per heavy atom. The third-order valence-corrected chi connectivity index (χ3v) is 3.33. The third-order valence-electron chi connectivity index (χ3n) is 2.04. The summed E-state index contributed by atoms with van der Waals surface area (Å²) in [4.78, 5) is 12.5. The van der Waals surface area contributed by atoms with Gasteiger partial charge < -0.3 is 0 Å². The van der Waals surface area contributed by atoms with Gasteiger partial charge in [-0.3, -0.25) is 4.79 Å². The molecule has 0 saturated carbocycles. The minimum Gasteiger partial charge on any atom is -0.300 e. The van der Waals surface area contributed by atoms with Gasteiger partial charge in [0.15, 0.2) is 0 Å². The first-order chi connectivity index (χ1) is 6.72. The summed E-state index contributed by atoms with van der Waals surface area (Å²) >= 11 is 7.41. The summed E-state index contributed by atoms with van der Waals surface area (Å²) in [5, 5.41) is 0. The van der Waals surface area contributed by atoms with Crippen LogP contribution in [0.3, 0.4) is 0 Å². The van der Waals surface area contributed by atoms with Gasteiger partial charge in [0.1, 0.15) is 5.78 Å². The lowest BCUT2D eigenvalue weighted by Gasteiger charge is -1.97. The van der Waals surface area contributed by atoms with Crippen molar-refractivity contribution in [3.05, 3.63) is 21.3 Å². The number of hydrogen-bond acceptors (Lipinski definition) is 2. The summed E-state index contributed by atoms with van der Waals surface area (Å²) in [5.74, 6) is 0.384. The molecule has 1 aromatic rings. The van der Waals surface area contributed by atoms with Crippen LogP contribution in [0.25, 0.3) is 0 Å². The van der Waals surface area contributed by atoms with Crippen molar-refractivity contribution in [1.82, 2.24) is 0 Å². The fourth-order valence-electron chi connectivity index (χ4n) is 1.35. The monoisotopic (exact) mass is 230 g/mol. The van der Waals surface area contributed by atoms with Crippen molar-refractivity contribution in [1.29, 1.82) is 0 Å². The average Bonchev–Trinajstić information content (AvgIpc) is 2.52. The SMILES string of the molecule is CCCC(=O)CCCc1ccc(Cl)s1. The fraction of sp³-hybridized carbons (Fsp3) is 0.545. The van der Waals surface area contributed by atoms with E-state index in [1.165, 1.54) is 4.88 Å². The number of carbonyl (C=O) groups excluding carboxylic acids is 1. The van der Waals surface area contributed by atoms with Crippen molar-refractivity contribution < 1.29 is 4.79 Å². The molecule has 0 fully saturated rings. The Bertz CT molecular complexity index is 293. The van der Waals surface area contributed by atoms with E-state index < -0.39 is 0 Å². The van der Waals surface area contributed by atoms with Crippen LogP contribution in [-0.4, -0.2) is 5.78 Å². The normalized spacial score (nSPS) is 10.4. The first-order valence-electron chi connectivity index (χ1n) is 4.98. The quantitative estimate of drug-likeness (QED) is 0.719. The number of ketones is 1. The highest BCUT2D eigenvalue weighted by Gasteiger charge is 2.02. The zero-order valence-corrected chi connectivity index (χ0v) is 9.96. The van der Waals surface area contributed by atoms with Gasteiger partial charge in [0.05, 0.1) is 4.34 Å². The van der Waals surface area contributed by atoms with E-state index in [-0.39, 0.29) is 0 Å². The first kappa shape index (κ1) is 11.7. The van der Waals surface area contributed by atoms with E-state index in [9.17, 15) is 4.79 Å². The van der Waals surface area contributed by atoms with Crippen LogP contribution >= 0.6 is 22.9 Å². The van der Waals surface area contributed by atoms with Gasteiger partial charge in [0.25, 0.3) is 0 Å². The molecule has 0 atom stereocenters. The second kappa shape index (κ2) is 6.20. The van der Waals surface area contributed by atoms with Crippen molar-refractivity contribution in [3.63, 3.8) is 0 Å². The maximum Gasteiger partial charge on any atom is 0.132 e. The molecular weight excluding hydrogens is 216 g/mol. The Morgan fingerprint density at radius 2 is 2.21 bits per heavy atom. The largest absolute Gasteiger partial charge is 0.300 e. The van der Waals surface area contributed by atoms with Crippen molar-refractivity contribution in [2.24, 2.45) is 0 Å². The van der Waals surface area contributed by atoms with Gasteiger partial charge in [-0.1, -0.05) is 18.5 Å². The van der Waals surface area contributed by atoms with Gasteiger partial charge in [0.2, 0.25) is 0 Å². The number of hydrogen-bond donors (Lipinski definition) is 0. The van der Waals surface area contributed by atoms with E-state index >= 15 is 0 Å². The fourth-order valence-corrected chi connectivity index (χ4v) is 2.48. The molecule has 0 saturated heterocycles. The topological polar surface area (TPSA) is 17.1 Å². The molecule has 0 aliphatic rings. The summed E-state index contributed by atoms with van der Waals surface area (Å²) in [5.41, 5.74) is 0. The van der Waals surface area contributed by atoms with E-state index in [1.807, 2.05) is 19.1 Å². The summed E-state index contributed by atoms with van der Waals surface area (Å²) in [6, 6.07) is 3.95. The maximum atomic E-state index is 11.2. The molecule has 0 unspecified atom stereocenters. The van der Waals surface area contributed by atoms with Gasteiger partial charge in [-0.15, -0.1) is 11.3 Å². The summed E-state index contributed by atoms with van der Waals surface area (Å²) in [7, 11) is 0. The molecule has 3 heteroatoms. The molecule has 1 aromatic heterocycles. The van der Waals surface area contributed by atoms with Gasteiger partial charge in [-0.05, 0) is 31.4 Å². The van der Waals surface area contributed by atoms with E-state index in [2.05, 4.69) is 0 Å². The smallest absolute Gasteiger partial charge is 0.132 e. The Morgan fingerprint density at radius 3 is 2.79 bits per heavy atom. The van der Waals surface area contributed by atoms with Gasteiger partial charge in [0, 0.05) is 17.7 Å². The highest BCUT2D eigenvalue weighted by Crippen LogP contribution is 2.22. The van der Waals surface area contributed by atoms with Crippen LogP contribution in [-0.2, 0) is 11.2 Å². The van der Waals surface area contributed by atoms with E-state index in [1.54, 1.807) is 11.3 Å². The minimum atomic E-state index is 0.384. The Kier molecular flexibility index (Phi) is 5.20. The van der Waals surface area contributed by atoms with Crippen LogP contribution in [0.5, 0.6) is 0 Å². The van der Waals surface area contributed by atoms with Crippen LogP contribution in [0.2, 0.25) is 4.34 Å². The Hall–Kier alpha value is -0.340. The molecule has 0 aliphatic heterocycles. The second-order valence-corrected chi connectivity index (χ2v) is 5.15. The minimum absolute atomic E-state index is 0.384. The lowest BCUT2D eigenvalue weighted by molar-refractivity contribution is -0.119. The lowest BCUT2D eigenvalue weighted by atomic mass is 10.1. The lowest BCUT2D eigenvalue weighted by Crippen LogP contribution is -1.97. The number of Topliss-reactive ketones (excluding diaryl/α,β-unsaturated/α-hetero) is 1. The Balaban J connectivity index is 2.18. The van der Waals surface area contributed by atoms with E-state index in [4.69, 9.17) is 11.6 Å². The molecule has 0 amide bonds. The van der Waals surface area contributed by atoms with Gasteiger partial charge in [-0.2, -0.15) is 0 Å². The van der Waals surface area contributed by atoms with Crippen molar-refractivity contribution >= 4 is 28.7 Å². The molecule has 1 rings (SSSR count). The average molecular weight is 231 g/mol.